The average molecular weight is 366 g/mol. The number of carbonyl (C=O) groups excluding carboxylic acids is 1. The number of H-pyrrole nitrogens is 1. The Kier molecular flexibility index (Phi) is 5.40. The summed E-state index contributed by atoms with van der Waals surface area (Å²) in [4.78, 5) is 16.1. The second kappa shape index (κ2) is 7.74. The Morgan fingerprint density at radius 3 is 2.56 bits per heavy atom. The van der Waals surface area contributed by atoms with Gasteiger partial charge in [-0.15, -0.1) is 0 Å². The van der Waals surface area contributed by atoms with E-state index >= 15 is 0 Å². The van der Waals surface area contributed by atoms with Crippen molar-refractivity contribution in [1.29, 1.82) is 0 Å². The van der Waals surface area contributed by atoms with E-state index in [1.54, 1.807) is 14.2 Å². The molecule has 0 saturated heterocycles. The largest absolute Gasteiger partial charge is 0.497 e. The third kappa shape index (κ3) is 3.92. The lowest BCUT2D eigenvalue weighted by atomic mass is 9.83. The summed E-state index contributed by atoms with van der Waals surface area (Å²) in [6.45, 7) is 4.45. The minimum Gasteiger partial charge on any atom is -0.497 e. The van der Waals surface area contributed by atoms with Gasteiger partial charge in [0.15, 0.2) is 0 Å². The van der Waals surface area contributed by atoms with E-state index in [4.69, 9.17) is 9.47 Å². The highest BCUT2D eigenvalue weighted by Crippen LogP contribution is 2.32. The molecule has 0 unspecified atom stereocenters. The van der Waals surface area contributed by atoms with Gasteiger partial charge < -0.3 is 19.8 Å². The lowest BCUT2D eigenvalue weighted by molar-refractivity contribution is -0.125. The predicted octanol–water partition coefficient (Wildman–Crippen LogP) is 3.82. The Morgan fingerprint density at radius 2 is 1.81 bits per heavy atom. The fourth-order valence-electron chi connectivity index (χ4n) is 3.24. The van der Waals surface area contributed by atoms with Gasteiger partial charge in [0.1, 0.15) is 11.5 Å². The maximum absolute atomic E-state index is 12.9. The topological polar surface area (TPSA) is 63.3 Å². The summed E-state index contributed by atoms with van der Waals surface area (Å²) in [5, 5.41) is 4.07. The summed E-state index contributed by atoms with van der Waals surface area (Å²) < 4.78 is 10.6. The second-order valence-corrected chi connectivity index (χ2v) is 7.10. The van der Waals surface area contributed by atoms with Crippen LogP contribution in [-0.2, 0) is 16.6 Å². The van der Waals surface area contributed by atoms with Gasteiger partial charge in [0.2, 0.25) is 5.91 Å². The number of hydrogen-bond acceptors (Lipinski definition) is 3. The van der Waals surface area contributed by atoms with Crippen LogP contribution in [0, 0.1) is 0 Å². The van der Waals surface area contributed by atoms with Crippen LogP contribution in [0.15, 0.2) is 48.7 Å². The highest BCUT2D eigenvalue weighted by atomic mass is 16.5. The number of fused-ring (bicyclic) bond motifs is 1. The zero-order chi connectivity index (χ0) is 19.4. The van der Waals surface area contributed by atoms with E-state index in [0.717, 1.165) is 39.9 Å². The Bertz CT molecular complexity index is 944. The Hall–Kier alpha value is -2.95. The number of rotatable bonds is 7. The molecule has 0 aliphatic heterocycles. The number of aromatic amines is 1. The Balaban J connectivity index is 1.71. The maximum atomic E-state index is 12.9. The van der Waals surface area contributed by atoms with Gasteiger partial charge >= 0.3 is 0 Å². The SMILES string of the molecule is COc1cccc(CCNC(=O)C(C)(C)c2c[nH]c3ccc(OC)cc23)c1. The van der Waals surface area contributed by atoms with Crippen molar-refractivity contribution in [2.75, 3.05) is 20.8 Å². The van der Waals surface area contributed by atoms with Crippen LogP contribution in [0.1, 0.15) is 25.0 Å². The molecule has 2 aromatic carbocycles. The lowest BCUT2D eigenvalue weighted by Gasteiger charge is -2.23. The van der Waals surface area contributed by atoms with Crippen molar-refractivity contribution >= 4 is 16.8 Å². The van der Waals surface area contributed by atoms with Gasteiger partial charge in [0, 0.05) is 23.6 Å². The van der Waals surface area contributed by atoms with Gasteiger partial charge in [-0.05, 0) is 61.7 Å². The van der Waals surface area contributed by atoms with Gasteiger partial charge in [-0.2, -0.15) is 0 Å². The predicted molar refractivity (Wildman–Crippen MR) is 108 cm³/mol. The number of hydrogen-bond donors (Lipinski definition) is 2. The minimum atomic E-state index is -0.668. The van der Waals surface area contributed by atoms with Gasteiger partial charge in [-0.3, -0.25) is 4.79 Å². The van der Waals surface area contributed by atoms with E-state index < -0.39 is 5.41 Å². The molecule has 3 rings (SSSR count). The number of methoxy groups -OCH3 is 2. The Labute approximate surface area is 159 Å². The number of nitrogens with one attached hydrogen (secondary N) is 2. The molecule has 0 atom stereocenters. The van der Waals surface area contributed by atoms with Crippen LogP contribution in [0.3, 0.4) is 0 Å². The van der Waals surface area contributed by atoms with Crippen LogP contribution in [0.2, 0.25) is 0 Å². The van der Waals surface area contributed by atoms with Crippen LogP contribution in [0.5, 0.6) is 11.5 Å². The van der Waals surface area contributed by atoms with E-state index in [2.05, 4.69) is 10.3 Å². The van der Waals surface area contributed by atoms with Crippen molar-refractivity contribution in [1.82, 2.24) is 10.3 Å². The van der Waals surface area contributed by atoms with Crippen LogP contribution in [0.25, 0.3) is 10.9 Å². The zero-order valence-electron chi connectivity index (χ0n) is 16.3. The first kappa shape index (κ1) is 18.8. The summed E-state index contributed by atoms with van der Waals surface area (Å²) in [5.74, 6) is 1.60. The summed E-state index contributed by atoms with van der Waals surface area (Å²) in [6.07, 6.45) is 2.66. The third-order valence-corrected chi connectivity index (χ3v) is 4.96. The molecule has 1 aromatic heterocycles. The van der Waals surface area contributed by atoms with Crippen LogP contribution < -0.4 is 14.8 Å². The molecule has 1 amide bonds. The second-order valence-electron chi connectivity index (χ2n) is 7.10. The third-order valence-electron chi connectivity index (χ3n) is 4.96. The maximum Gasteiger partial charge on any atom is 0.230 e. The highest BCUT2D eigenvalue weighted by molar-refractivity contribution is 5.95. The van der Waals surface area contributed by atoms with Crippen LogP contribution in [0.4, 0.5) is 0 Å². The fraction of sp³-hybridized carbons (Fsp3) is 0.318. The number of amides is 1. The quantitative estimate of drug-likeness (QED) is 0.668. The standard InChI is InChI=1S/C22H26N2O3/c1-22(2,19-14-24-20-9-8-17(27-4)13-18(19)20)21(25)23-11-10-15-6-5-7-16(12-15)26-3/h5-9,12-14,24H,10-11H2,1-4H3,(H,23,25). The molecule has 1 heterocycles. The normalized spacial score (nSPS) is 11.4. The minimum absolute atomic E-state index is 0.00545. The first-order chi connectivity index (χ1) is 13.0. The molecule has 0 fully saturated rings. The monoisotopic (exact) mass is 366 g/mol. The van der Waals surface area contributed by atoms with Crippen molar-refractivity contribution in [3.63, 3.8) is 0 Å². The van der Waals surface area contributed by atoms with E-state index in [1.807, 2.05) is 62.5 Å². The van der Waals surface area contributed by atoms with E-state index in [0.29, 0.717) is 6.54 Å². The molecule has 0 saturated carbocycles. The van der Waals surface area contributed by atoms with E-state index in [-0.39, 0.29) is 5.91 Å². The summed E-state index contributed by atoms with van der Waals surface area (Å²) in [5.41, 5.74) is 2.40. The molecular weight excluding hydrogens is 340 g/mol. The van der Waals surface area contributed by atoms with Crippen LogP contribution in [-0.4, -0.2) is 31.7 Å². The smallest absolute Gasteiger partial charge is 0.230 e. The first-order valence-corrected chi connectivity index (χ1v) is 9.02. The molecule has 0 bridgehead atoms. The zero-order valence-corrected chi connectivity index (χ0v) is 16.3. The molecule has 3 aromatic rings. The molecule has 27 heavy (non-hydrogen) atoms. The lowest BCUT2D eigenvalue weighted by Crippen LogP contribution is -2.40. The highest BCUT2D eigenvalue weighted by Gasteiger charge is 2.32. The van der Waals surface area contributed by atoms with Gasteiger partial charge in [0.25, 0.3) is 0 Å². The number of carbonyl (C=O) groups is 1. The van der Waals surface area contributed by atoms with Gasteiger partial charge in [-0.25, -0.2) is 0 Å². The van der Waals surface area contributed by atoms with E-state index in [1.165, 1.54) is 0 Å². The van der Waals surface area contributed by atoms with Crippen molar-refractivity contribution in [2.24, 2.45) is 0 Å². The van der Waals surface area contributed by atoms with E-state index in [9.17, 15) is 4.79 Å². The van der Waals surface area contributed by atoms with Gasteiger partial charge in [0.05, 0.1) is 19.6 Å². The molecule has 2 N–H and O–H groups in total. The molecular formula is C22H26N2O3. The molecule has 142 valence electrons. The molecule has 0 aliphatic rings. The summed E-state index contributed by atoms with van der Waals surface area (Å²) >= 11 is 0. The number of aromatic nitrogens is 1. The average Bonchev–Trinajstić information content (AvgIpc) is 3.11. The summed E-state index contributed by atoms with van der Waals surface area (Å²) in [6, 6.07) is 13.7. The molecule has 5 heteroatoms. The number of ether oxygens (including phenoxy) is 2. The summed E-state index contributed by atoms with van der Waals surface area (Å²) in [7, 11) is 3.30. The molecule has 5 nitrogen and oxygen atoms in total. The molecule has 0 aliphatic carbocycles. The van der Waals surface area contributed by atoms with Crippen LogP contribution >= 0.6 is 0 Å². The molecule has 0 radical (unpaired) electrons. The van der Waals surface area contributed by atoms with Crippen molar-refractivity contribution < 1.29 is 14.3 Å². The Morgan fingerprint density at radius 1 is 1.07 bits per heavy atom. The number of benzene rings is 2. The van der Waals surface area contributed by atoms with Crippen molar-refractivity contribution in [3.8, 4) is 11.5 Å². The van der Waals surface area contributed by atoms with Gasteiger partial charge in [-0.1, -0.05) is 12.1 Å². The first-order valence-electron chi connectivity index (χ1n) is 9.02. The van der Waals surface area contributed by atoms with Crippen molar-refractivity contribution in [3.05, 3.63) is 59.8 Å². The fourth-order valence-corrected chi connectivity index (χ4v) is 3.24. The molecule has 0 spiro atoms. The van der Waals surface area contributed by atoms with Crippen molar-refractivity contribution in [2.45, 2.75) is 25.7 Å².